The molecular weight excluding hydrogens is 509 g/mol. The van der Waals surface area contributed by atoms with Crippen LogP contribution in [0.15, 0.2) is 41.9 Å². The summed E-state index contributed by atoms with van der Waals surface area (Å²) in [5.74, 6) is -1.01. The summed E-state index contributed by atoms with van der Waals surface area (Å²) in [6.07, 6.45) is -1.49. The van der Waals surface area contributed by atoms with Crippen molar-refractivity contribution in [3.05, 3.63) is 75.7 Å². The Kier molecular flexibility index (Phi) is 7.64. The van der Waals surface area contributed by atoms with Crippen LogP contribution in [-0.2, 0) is 19.1 Å². The number of anilines is 1. The molecule has 3 heterocycles. The minimum atomic E-state index is -4.54. The van der Waals surface area contributed by atoms with Crippen LogP contribution in [0.2, 0.25) is 0 Å². The van der Waals surface area contributed by atoms with Gasteiger partial charge in [0.15, 0.2) is 11.4 Å². The van der Waals surface area contributed by atoms with E-state index in [-0.39, 0.29) is 17.4 Å². The van der Waals surface area contributed by atoms with Crippen LogP contribution in [0.4, 0.5) is 18.3 Å². The maximum Gasteiger partial charge on any atom is 0.433 e. The molecule has 0 aliphatic heterocycles. The Labute approximate surface area is 212 Å². The fourth-order valence-corrected chi connectivity index (χ4v) is 4.32. The third-order valence-electron chi connectivity index (χ3n) is 5.48. The molecule has 192 valence electrons. The molecule has 0 bridgehead atoms. The number of hydrogen-bond acceptors (Lipinski definition) is 7. The van der Waals surface area contributed by atoms with E-state index in [1.807, 2.05) is 0 Å². The first-order valence-corrected chi connectivity index (χ1v) is 11.9. The van der Waals surface area contributed by atoms with Crippen LogP contribution in [0.25, 0.3) is 10.9 Å². The van der Waals surface area contributed by atoms with Gasteiger partial charge in [0.05, 0.1) is 5.69 Å². The Morgan fingerprint density at radius 3 is 2.65 bits per heavy atom. The second kappa shape index (κ2) is 10.9. The largest absolute Gasteiger partial charge is 0.433 e. The molecule has 5 N–H and O–H groups in total. The zero-order chi connectivity index (χ0) is 26.6. The van der Waals surface area contributed by atoms with Gasteiger partial charge in [-0.05, 0) is 54.8 Å². The molecule has 37 heavy (non-hydrogen) atoms. The second-order valence-electron chi connectivity index (χ2n) is 8.01. The molecular formula is C24H21F3N6O3S. The number of benzene rings is 1. The molecule has 0 radical (unpaired) electrons. The lowest BCUT2D eigenvalue weighted by molar-refractivity contribution is -0.141. The summed E-state index contributed by atoms with van der Waals surface area (Å²) in [7, 11) is 0. The van der Waals surface area contributed by atoms with Crippen LogP contribution in [0.5, 0.6) is 0 Å². The number of aromatic nitrogens is 3. The van der Waals surface area contributed by atoms with E-state index in [1.54, 1.807) is 18.2 Å². The van der Waals surface area contributed by atoms with Crippen molar-refractivity contribution >= 4 is 45.5 Å². The van der Waals surface area contributed by atoms with Gasteiger partial charge in [-0.15, -0.1) is 11.3 Å². The number of hydrogen-bond donors (Lipinski definition) is 4. The Bertz CT molecular complexity index is 1450. The Morgan fingerprint density at radius 1 is 1.16 bits per heavy atom. The topological polar surface area (TPSA) is 143 Å². The lowest BCUT2D eigenvalue weighted by atomic mass is 10.0. The molecule has 0 aliphatic carbocycles. The summed E-state index contributed by atoms with van der Waals surface area (Å²) >= 11 is 1.05. The smallest absolute Gasteiger partial charge is 0.352 e. The number of alkyl halides is 3. The molecule has 0 saturated heterocycles. The lowest BCUT2D eigenvalue weighted by Crippen LogP contribution is -2.23. The van der Waals surface area contributed by atoms with E-state index in [0.717, 1.165) is 46.4 Å². The van der Waals surface area contributed by atoms with Crippen molar-refractivity contribution < 1.29 is 27.6 Å². The number of nitrogens with one attached hydrogen (secondary N) is 3. The number of pyridine rings is 1. The van der Waals surface area contributed by atoms with Crippen molar-refractivity contribution in [3.63, 3.8) is 0 Å². The quantitative estimate of drug-likeness (QED) is 0.242. The molecule has 0 aliphatic rings. The number of nitrogens with zero attached hydrogens (tertiary/aromatic N) is 2. The van der Waals surface area contributed by atoms with E-state index in [4.69, 9.17) is 5.73 Å². The van der Waals surface area contributed by atoms with Gasteiger partial charge < -0.3 is 16.0 Å². The summed E-state index contributed by atoms with van der Waals surface area (Å²) in [4.78, 5) is 47.1. The summed E-state index contributed by atoms with van der Waals surface area (Å²) < 4.78 is 37.8. The van der Waals surface area contributed by atoms with Crippen molar-refractivity contribution in [2.75, 3.05) is 11.9 Å². The van der Waals surface area contributed by atoms with Crippen molar-refractivity contribution in [2.45, 2.75) is 25.6 Å². The lowest BCUT2D eigenvalue weighted by Gasteiger charge is -2.07. The zero-order valence-corrected chi connectivity index (χ0v) is 20.0. The maximum absolute atomic E-state index is 12.8. The van der Waals surface area contributed by atoms with E-state index < -0.39 is 23.7 Å². The molecule has 0 fully saturated rings. The molecule has 4 aromatic rings. The fourth-order valence-electron chi connectivity index (χ4n) is 3.63. The highest BCUT2D eigenvalue weighted by atomic mass is 32.1. The van der Waals surface area contributed by atoms with Crippen LogP contribution in [0, 0.1) is 0 Å². The number of thiazole rings is 1. The van der Waals surface area contributed by atoms with Crippen LogP contribution >= 0.6 is 11.3 Å². The number of aromatic amines is 1. The van der Waals surface area contributed by atoms with Gasteiger partial charge in [0, 0.05) is 34.6 Å². The SMILES string of the molecule is NCCCc1c(C=O)[nH]c2ccc(C(=O)Nc3nc(C(=O)NCc4ccc(C(F)(F)F)nc4)cs3)cc12. The molecule has 4 rings (SSSR count). The van der Waals surface area contributed by atoms with Gasteiger partial charge in [-0.2, -0.15) is 13.2 Å². The second-order valence-corrected chi connectivity index (χ2v) is 8.87. The average molecular weight is 531 g/mol. The number of halogens is 3. The monoisotopic (exact) mass is 530 g/mol. The van der Waals surface area contributed by atoms with Crippen LogP contribution in [0.1, 0.15) is 54.6 Å². The number of aldehydes is 1. The Hall–Kier alpha value is -4.10. The van der Waals surface area contributed by atoms with E-state index >= 15 is 0 Å². The molecule has 0 unspecified atom stereocenters. The first kappa shape index (κ1) is 26.0. The van der Waals surface area contributed by atoms with Gasteiger partial charge in [0.2, 0.25) is 0 Å². The van der Waals surface area contributed by atoms with Gasteiger partial charge in [-0.3, -0.25) is 24.7 Å². The van der Waals surface area contributed by atoms with Crippen molar-refractivity contribution in [2.24, 2.45) is 5.73 Å². The number of carbonyl (C=O) groups excluding carboxylic acids is 3. The number of fused-ring (bicyclic) bond motifs is 1. The molecule has 0 saturated carbocycles. The highest BCUT2D eigenvalue weighted by Crippen LogP contribution is 2.27. The van der Waals surface area contributed by atoms with Gasteiger partial charge in [0.25, 0.3) is 11.8 Å². The Morgan fingerprint density at radius 2 is 1.97 bits per heavy atom. The number of aryl methyl sites for hydroxylation is 1. The van der Waals surface area contributed by atoms with Crippen LogP contribution in [0.3, 0.4) is 0 Å². The standard InChI is InChI=1S/C24H21F3N6O3S/c25-24(26,27)20-6-3-13(9-29-20)10-30-22(36)19-12-37-23(32-19)33-21(35)14-4-5-17-16(8-14)15(2-1-7-28)18(11-34)31-17/h3-6,8-9,11-12,31H,1-2,7,10,28H2,(H,30,36)(H,32,33,35). The van der Waals surface area contributed by atoms with Crippen LogP contribution < -0.4 is 16.4 Å². The normalized spacial score (nSPS) is 11.5. The summed E-state index contributed by atoms with van der Waals surface area (Å²) in [6.45, 7) is 0.418. The zero-order valence-electron chi connectivity index (χ0n) is 19.2. The van der Waals surface area contributed by atoms with Crippen molar-refractivity contribution in [1.82, 2.24) is 20.3 Å². The first-order valence-electron chi connectivity index (χ1n) is 11.1. The third-order valence-corrected chi connectivity index (χ3v) is 6.23. The summed E-state index contributed by atoms with van der Waals surface area (Å²) in [5.41, 5.74) is 7.31. The number of H-pyrrole nitrogens is 1. The molecule has 0 atom stereocenters. The molecule has 0 spiro atoms. The number of rotatable bonds is 9. The predicted molar refractivity (Wildman–Crippen MR) is 132 cm³/mol. The van der Waals surface area contributed by atoms with Gasteiger partial charge >= 0.3 is 6.18 Å². The molecule has 1 aromatic carbocycles. The highest BCUT2D eigenvalue weighted by Gasteiger charge is 2.32. The first-order chi connectivity index (χ1) is 17.7. The van der Waals surface area contributed by atoms with Crippen molar-refractivity contribution in [1.29, 1.82) is 0 Å². The number of carbonyl (C=O) groups is 3. The fraction of sp³-hybridized carbons (Fsp3) is 0.208. The van der Waals surface area contributed by atoms with Gasteiger partial charge in [-0.25, -0.2) is 4.98 Å². The maximum atomic E-state index is 12.8. The van der Waals surface area contributed by atoms with Gasteiger partial charge in [0.1, 0.15) is 11.4 Å². The average Bonchev–Trinajstić information content (AvgIpc) is 3.49. The molecule has 9 nitrogen and oxygen atoms in total. The number of nitrogens with two attached hydrogens (primary N) is 1. The van der Waals surface area contributed by atoms with Crippen molar-refractivity contribution in [3.8, 4) is 0 Å². The van der Waals surface area contributed by atoms with E-state index in [9.17, 15) is 27.6 Å². The highest BCUT2D eigenvalue weighted by molar-refractivity contribution is 7.14. The third kappa shape index (κ3) is 6.01. The summed E-state index contributed by atoms with van der Waals surface area (Å²) in [6, 6.07) is 7.06. The molecule has 2 amide bonds. The van der Waals surface area contributed by atoms with Crippen LogP contribution in [-0.4, -0.2) is 39.6 Å². The molecule has 3 aromatic heterocycles. The minimum Gasteiger partial charge on any atom is -0.352 e. The van der Waals surface area contributed by atoms with E-state index in [0.29, 0.717) is 36.2 Å². The summed E-state index contributed by atoms with van der Waals surface area (Å²) in [5, 5.41) is 7.59. The minimum absolute atomic E-state index is 0.0425. The van der Waals surface area contributed by atoms with E-state index in [1.165, 1.54) is 11.4 Å². The van der Waals surface area contributed by atoms with E-state index in [2.05, 4.69) is 25.6 Å². The molecule has 13 heteroatoms. The number of amides is 2. The van der Waals surface area contributed by atoms with Gasteiger partial charge in [-0.1, -0.05) is 6.07 Å². The Balaban J connectivity index is 1.40. The predicted octanol–water partition coefficient (Wildman–Crippen LogP) is 3.92.